The van der Waals surface area contributed by atoms with Crippen molar-refractivity contribution in [2.75, 3.05) is 12.0 Å². The van der Waals surface area contributed by atoms with E-state index in [0.29, 0.717) is 12.0 Å². The summed E-state index contributed by atoms with van der Waals surface area (Å²) in [4.78, 5) is 15.0. The average molecular weight is 372 g/mol. The van der Waals surface area contributed by atoms with Crippen LogP contribution in [-0.2, 0) is 14.0 Å². The zero-order chi connectivity index (χ0) is 19.1. The standard InChI is InChI=1S/C21H29NO3Si/c1-21(2,3)26(5,6)25-18-14-16-12-13-17(19(18)20(23)24-4)22(16)15-10-8-7-9-11-15/h7-13,16-17H,14H2,1-6H3/t16-,17+/m0/s1. The van der Waals surface area contributed by atoms with Gasteiger partial charge in [-0.3, -0.25) is 0 Å². The van der Waals surface area contributed by atoms with Gasteiger partial charge in [0.2, 0.25) is 8.32 Å². The maximum absolute atomic E-state index is 12.7. The van der Waals surface area contributed by atoms with Crippen LogP contribution in [0.2, 0.25) is 18.1 Å². The summed E-state index contributed by atoms with van der Waals surface area (Å²) in [6.07, 6.45) is 4.98. The summed E-state index contributed by atoms with van der Waals surface area (Å²) in [5, 5.41) is 0.0737. The summed E-state index contributed by atoms with van der Waals surface area (Å²) in [5.74, 6) is 0.519. The fourth-order valence-corrected chi connectivity index (χ4v) is 4.46. The van der Waals surface area contributed by atoms with Crippen molar-refractivity contribution < 1.29 is 14.0 Å². The van der Waals surface area contributed by atoms with Crippen molar-refractivity contribution in [1.82, 2.24) is 0 Å². The van der Waals surface area contributed by atoms with E-state index in [1.807, 2.05) is 18.2 Å². The number of methoxy groups -OCH3 is 1. The lowest BCUT2D eigenvalue weighted by molar-refractivity contribution is -0.136. The molecule has 0 radical (unpaired) electrons. The Kier molecular flexibility index (Phi) is 4.77. The molecule has 0 aliphatic carbocycles. The molecule has 2 heterocycles. The molecule has 1 aromatic carbocycles. The number of anilines is 1. The van der Waals surface area contributed by atoms with Gasteiger partial charge in [-0.15, -0.1) is 0 Å². The first-order chi connectivity index (χ1) is 12.2. The smallest absolute Gasteiger partial charge is 0.339 e. The van der Waals surface area contributed by atoms with E-state index in [1.165, 1.54) is 7.11 Å². The normalized spacial score (nSPS) is 22.6. The quantitative estimate of drug-likeness (QED) is 0.439. The van der Waals surface area contributed by atoms with Crippen LogP contribution in [0.4, 0.5) is 5.69 Å². The SMILES string of the molecule is COC(=O)C1=C(O[Si](C)(C)C(C)(C)C)C[C@@H]2C=C[C@H]1N2c1ccccc1. The molecule has 0 spiro atoms. The third-order valence-corrected chi connectivity index (χ3v) is 10.2. The number of carbonyl (C=O) groups excluding carboxylic acids is 1. The fourth-order valence-electron chi connectivity index (χ4n) is 3.35. The van der Waals surface area contributed by atoms with Gasteiger partial charge >= 0.3 is 5.97 Å². The summed E-state index contributed by atoms with van der Waals surface area (Å²) in [6.45, 7) is 11.1. The van der Waals surface area contributed by atoms with Gasteiger partial charge < -0.3 is 14.1 Å². The van der Waals surface area contributed by atoms with Crippen molar-refractivity contribution in [2.24, 2.45) is 0 Å². The van der Waals surface area contributed by atoms with Crippen LogP contribution in [0.1, 0.15) is 27.2 Å². The van der Waals surface area contributed by atoms with Crippen LogP contribution < -0.4 is 4.90 Å². The number of carbonyl (C=O) groups is 1. The molecule has 2 aliphatic heterocycles. The molecule has 0 saturated carbocycles. The van der Waals surface area contributed by atoms with Gasteiger partial charge in [0.25, 0.3) is 0 Å². The summed E-state index contributed by atoms with van der Waals surface area (Å²) in [5.41, 5.74) is 1.76. The third-order valence-electron chi connectivity index (χ3n) is 5.81. The molecule has 3 rings (SSSR count). The van der Waals surface area contributed by atoms with Gasteiger partial charge in [-0.2, -0.15) is 0 Å². The van der Waals surface area contributed by atoms with Gasteiger partial charge in [-0.05, 0) is 30.3 Å². The lowest BCUT2D eigenvalue weighted by atomic mass is 9.97. The van der Waals surface area contributed by atoms with Crippen LogP contribution >= 0.6 is 0 Å². The Morgan fingerprint density at radius 1 is 1.15 bits per heavy atom. The number of fused-ring (bicyclic) bond motifs is 2. The maximum atomic E-state index is 12.7. The zero-order valence-corrected chi connectivity index (χ0v) is 17.6. The number of nitrogens with zero attached hydrogens (tertiary/aromatic N) is 1. The summed E-state index contributed by atoms with van der Waals surface area (Å²) >= 11 is 0. The molecular formula is C21H29NO3Si. The van der Waals surface area contributed by atoms with E-state index in [-0.39, 0.29) is 23.1 Å². The second-order valence-electron chi connectivity index (χ2n) is 8.53. The number of rotatable bonds is 4. The van der Waals surface area contributed by atoms with Crippen LogP contribution in [-0.4, -0.2) is 33.5 Å². The number of hydrogen-bond donors (Lipinski definition) is 0. The van der Waals surface area contributed by atoms with Gasteiger partial charge in [0, 0.05) is 12.1 Å². The van der Waals surface area contributed by atoms with Crippen molar-refractivity contribution >= 4 is 20.0 Å². The molecule has 2 atom stereocenters. The van der Waals surface area contributed by atoms with Crippen molar-refractivity contribution in [2.45, 2.75) is 57.4 Å². The Labute approximate surface area is 157 Å². The number of hydrogen-bond acceptors (Lipinski definition) is 4. The van der Waals surface area contributed by atoms with Gasteiger partial charge in [-0.25, -0.2) is 4.79 Å². The molecule has 0 saturated heterocycles. The molecule has 2 bridgehead atoms. The molecular weight excluding hydrogens is 342 g/mol. The minimum atomic E-state index is -2.04. The first-order valence-electron chi connectivity index (χ1n) is 9.18. The Morgan fingerprint density at radius 3 is 2.38 bits per heavy atom. The Hall–Kier alpha value is -2.01. The van der Waals surface area contributed by atoms with E-state index in [1.54, 1.807) is 0 Å². The minimum Gasteiger partial charge on any atom is -0.546 e. The molecule has 1 aromatic rings. The topological polar surface area (TPSA) is 38.8 Å². The van der Waals surface area contributed by atoms with Crippen LogP contribution in [0.3, 0.4) is 0 Å². The number of esters is 1. The molecule has 140 valence electrons. The van der Waals surface area contributed by atoms with Crippen molar-refractivity contribution in [3.8, 4) is 0 Å². The highest BCUT2D eigenvalue weighted by atomic mass is 28.4. The van der Waals surface area contributed by atoms with E-state index in [4.69, 9.17) is 9.16 Å². The van der Waals surface area contributed by atoms with Crippen molar-refractivity contribution in [3.63, 3.8) is 0 Å². The highest BCUT2D eigenvalue weighted by Gasteiger charge is 2.46. The lowest BCUT2D eigenvalue weighted by Crippen LogP contribution is -2.48. The summed E-state index contributed by atoms with van der Waals surface area (Å²) in [7, 11) is -0.596. The third kappa shape index (κ3) is 3.20. The Bertz CT molecular complexity index is 746. The number of benzene rings is 1. The van der Waals surface area contributed by atoms with Gasteiger partial charge in [0.15, 0.2) is 0 Å². The van der Waals surface area contributed by atoms with Crippen molar-refractivity contribution in [1.29, 1.82) is 0 Å². The van der Waals surface area contributed by atoms with Gasteiger partial charge in [0.05, 0.1) is 30.5 Å². The van der Waals surface area contributed by atoms with Crippen LogP contribution in [0.25, 0.3) is 0 Å². The van der Waals surface area contributed by atoms with E-state index < -0.39 is 8.32 Å². The largest absolute Gasteiger partial charge is 0.546 e. The molecule has 5 heteroatoms. The predicted octanol–water partition coefficient (Wildman–Crippen LogP) is 4.65. The molecule has 0 fully saturated rings. The molecule has 0 N–H and O–H groups in total. The molecule has 2 aliphatic rings. The molecule has 0 amide bonds. The lowest BCUT2D eigenvalue weighted by Gasteiger charge is -2.43. The van der Waals surface area contributed by atoms with E-state index >= 15 is 0 Å². The zero-order valence-electron chi connectivity index (χ0n) is 16.6. The Morgan fingerprint density at radius 2 is 1.81 bits per heavy atom. The molecule has 26 heavy (non-hydrogen) atoms. The first kappa shape index (κ1) is 18.8. The van der Waals surface area contributed by atoms with Crippen LogP contribution in [0, 0.1) is 0 Å². The van der Waals surface area contributed by atoms with Gasteiger partial charge in [0.1, 0.15) is 0 Å². The first-order valence-corrected chi connectivity index (χ1v) is 12.1. The second-order valence-corrected chi connectivity index (χ2v) is 13.3. The summed E-state index contributed by atoms with van der Waals surface area (Å²) in [6, 6.07) is 10.3. The monoisotopic (exact) mass is 371 g/mol. The van der Waals surface area contributed by atoms with Gasteiger partial charge in [-0.1, -0.05) is 51.1 Å². The molecule has 0 unspecified atom stereocenters. The highest BCUT2D eigenvalue weighted by molar-refractivity contribution is 6.74. The summed E-state index contributed by atoms with van der Waals surface area (Å²) < 4.78 is 11.7. The van der Waals surface area contributed by atoms with E-state index in [2.05, 4.69) is 63.0 Å². The predicted molar refractivity (Wildman–Crippen MR) is 108 cm³/mol. The van der Waals surface area contributed by atoms with Crippen LogP contribution in [0.5, 0.6) is 0 Å². The fraction of sp³-hybridized carbons (Fsp3) is 0.476. The average Bonchev–Trinajstić information content (AvgIpc) is 2.89. The second kappa shape index (κ2) is 6.61. The van der Waals surface area contributed by atoms with Crippen LogP contribution in [0.15, 0.2) is 53.8 Å². The van der Waals surface area contributed by atoms with E-state index in [9.17, 15) is 4.79 Å². The Balaban J connectivity index is 2.02. The number of para-hydroxylation sites is 1. The minimum absolute atomic E-state index is 0.0737. The van der Waals surface area contributed by atoms with E-state index in [0.717, 1.165) is 11.4 Å². The highest BCUT2D eigenvalue weighted by Crippen LogP contribution is 2.44. The molecule has 0 aromatic heterocycles. The maximum Gasteiger partial charge on any atom is 0.339 e. The molecule has 4 nitrogen and oxygen atoms in total. The number of ether oxygens (including phenoxy) is 1. The van der Waals surface area contributed by atoms with Crippen molar-refractivity contribution in [3.05, 3.63) is 53.8 Å².